The van der Waals surface area contributed by atoms with Crippen molar-refractivity contribution in [2.24, 2.45) is 0 Å². The molecule has 1 aliphatic heterocycles. The van der Waals surface area contributed by atoms with Crippen LogP contribution in [0.5, 0.6) is 0 Å². The van der Waals surface area contributed by atoms with Crippen molar-refractivity contribution in [1.82, 2.24) is 5.32 Å². The van der Waals surface area contributed by atoms with Gasteiger partial charge in [0.2, 0.25) is 5.91 Å². The summed E-state index contributed by atoms with van der Waals surface area (Å²) in [4.78, 5) is 24.7. The van der Waals surface area contributed by atoms with Gasteiger partial charge in [0, 0.05) is 11.9 Å². The van der Waals surface area contributed by atoms with Crippen LogP contribution >= 0.6 is 11.6 Å². The number of aliphatic hydroxyl groups is 1. The third-order valence-electron chi connectivity index (χ3n) is 6.04. The fourth-order valence-electron chi connectivity index (χ4n) is 4.13. The van der Waals surface area contributed by atoms with Crippen LogP contribution < -0.4 is 5.32 Å². The van der Waals surface area contributed by atoms with Gasteiger partial charge in [-0.15, -0.1) is 0 Å². The van der Waals surface area contributed by atoms with Gasteiger partial charge in [-0.1, -0.05) is 72.3 Å². The highest BCUT2D eigenvalue weighted by Gasteiger charge is 2.47. The molecule has 9 heteroatoms. The van der Waals surface area contributed by atoms with Gasteiger partial charge < -0.3 is 29.4 Å². The molecule has 0 bridgehead atoms. The Morgan fingerprint density at radius 2 is 1.47 bits per heavy atom. The second kappa shape index (κ2) is 13.5. The summed E-state index contributed by atoms with van der Waals surface area (Å²) in [6.07, 6.45) is -4.10. The topological polar surface area (TPSA) is 103 Å². The summed E-state index contributed by atoms with van der Waals surface area (Å²) >= 11 is 5.90. The lowest BCUT2D eigenvalue weighted by atomic mass is 9.96. The Bertz CT molecular complexity index is 1180. The van der Waals surface area contributed by atoms with Gasteiger partial charge in [-0.2, -0.15) is 0 Å². The number of benzene rings is 3. The molecule has 0 spiro atoms. The standard InChI is InChI=1S/C29H30ClNO7/c1-19(32)31-25-27(35-16-20-8-4-2-5-9-20)26(33)24(18-36-28(34)22-12-14-23(30)15-13-22)38-29(25)37-17-21-10-6-3-7-11-21/h2-15,24-27,29,33H,16-18H2,1H3,(H,31,32)/t24-,25-,26-,27-,29?/m1/s1. The summed E-state index contributed by atoms with van der Waals surface area (Å²) in [7, 11) is 0. The van der Waals surface area contributed by atoms with Gasteiger partial charge in [-0.3, -0.25) is 4.79 Å². The molecule has 8 nitrogen and oxygen atoms in total. The van der Waals surface area contributed by atoms with E-state index in [1.165, 1.54) is 6.92 Å². The number of halogens is 1. The zero-order chi connectivity index (χ0) is 26.9. The maximum Gasteiger partial charge on any atom is 0.338 e. The highest BCUT2D eigenvalue weighted by atomic mass is 35.5. The van der Waals surface area contributed by atoms with Crippen molar-refractivity contribution >= 4 is 23.5 Å². The Labute approximate surface area is 226 Å². The lowest BCUT2D eigenvalue weighted by molar-refractivity contribution is -0.281. The van der Waals surface area contributed by atoms with Crippen molar-refractivity contribution in [3.63, 3.8) is 0 Å². The fraction of sp³-hybridized carbons (Fsp3) is 0.310. The van der Waals surface area contributed by atoms with Crippen molar-refractivity contribution in [2.75, 3.05) is 6.61 Å². The Kier molecular flexibility index (Phi) is 9.86. The van der Waals surface area contributed by atoms with Crippen molar-refractivity contribution in [2.45, 2.75) is 50.8 Å². The summed E-state index contributed by atoms with van der Waals surface area (Å²) < 4.78 is 23.7. The largest absolute Gasteiger partial charge is 0.459 e. The molecule has 200 valence electrons. The molecule has 2 N–H and O–H groups in total. The summed E-state index contributed by atoms with van der Waals surface area (Å²) in [5.74, 6) is -0.926. The number of ether oxygens (including phenoxy) is 4. The van der Waals surface area contributed by atoms with Crippen molar-refractivity contribution < 1.29 is 33.6 Å². The van der Waals surface area contributed by atoms with E-state index in [0.29, 0.717) is 10.6 Å². The molecule has 1 saturated heterocycles. The first kappa shape index (κ1) is 27.8. The number of nitrogens with one attached hydrogen (secondary N) is 1. The molecule has 1 fully saturated rings. The quantitative estimate of drug-likeness (QED) is 0.377. The molecular formula is C29H30ClNO7. The van der Waals surface area contributed by atoms with Gasteiger partial charge in [0.1, 0.15) is 31.0 Å². The van der Waals surface area contributed by atoms with Crippen molar-refractivity contribution in [1.29, 1.82) is 0 Å². The first-order chi connectivity index (χ1) is 18.4. The highest BCUT2D eigenvalue weighted by Crippen LogP contribution is 2.27. The van der Waals surface area contributed by atoms with E-state index in [1.807, 2.05) is 60.7 Å². The molecule has 0 aromatic heterocycles. The Balaban J connectivity index is 1.52. The molecule has 3 aromatic rings. The predicted octanol–water partition coefficient (Wildman–Crippen LogP) is 3.89. The third kappa shape index (κ3) is 7.63. The second-order valence-electron chi connectivity index (χ2n) is 8.92. The van der Waals surface area contributed by atoms with Crippen LogP contribution in [0.15, 0.2) is 84.9 Å². The van der Waals surface area contributed by atoms with Crippen LogP contribution in [0.1, 0.15) is 28.4 Å². The highest BCUT2D eigenvalue weighted by molar-refractivity contribution is 6.30. The van der Waals surface area contributed by atoms with E-state index in [2.05, 4.69) is 5.32 Å². The number of carbonyl (C=O) groups is 2. The van der Waals surface area contributed by atoms with Crippen LogP contribution in [0.4, 0.5) is 0 Å². The molecule has 4 rings (SSSR count). The zero-order valence-corrected chi connectivity index (χ0v) is 21.6. The van der Waals surface area contributed by atoms with Crippen molar-refractivity contribution in [3.8, 4) is 0 Å². The minimum absolute atomic E-state index is 0.182. The SMILES string of the molecule is CC(=O)N[C@H]1C(OCc2ccccc2)O[C@H](COC(=O)c2ccc(Cl)cc2)[C@@H](O)[C@@H]1OCc1ccccc1. The molecule has 1 heterocycles. The molecule has 0 saturated carbocycles. The zero-order valence-electron chi connectivity index (χ0n) is 20.9. The van der Waals surface area contributed by atoms with Gasteiger partial charge in [0.05, 0.1) is 18.8 Å². The Morgan fingerprint density at radius 1 is 0.895 bits per heavy atom. The number of aliphatic hydroxyl groups excluding tert-OH is 1. The maximum atomic E-state index is 12.6. The van der Waals surface area contributed by atoms with Crippen LogP contribution in [-0.2, 0) is 37.0 Å². The van der Waals surface area contributed by atoms with E-state index >= 15 is 0 Å². The lowest BCUT2D eigenvalue weighted by Crippen LogP contribution is -2.65. The normalized spacial score (nSPS) is 23.0. The molecule has 0 radical (unpaired) electrons. The van der Waals surface area contributed by atoms with Crippen molar-refractivity contribution in [3.05, 3.63) is 107 Å². The van der Waals surface area contributed by atoms with Gasteiger partial charge in [-0.25, -0.2) is 4.79 Å². The smallest absolute Gasteiger partial charge is 0.338 e. The molecule has 0 aliphatic carbocycles. The minimum Gasteiger partial charge on any atom is -0.459 e. The fourth-order valence-corrected chi connectivity index (χ4v) is 4.26. The van der Waals surface area contributed by atoms with Crippen LogP contribution in [0.2, 0.25) is 5.02 Å². The van der Waals surface area contributed by atoms with E-state index < -0.39 is 36.6 Å². The lowest BCUT2D eigenvalue weighted by Gasteiger charge is -2.44. The molecule has 1 aliphatic rings. The summed E-state index contributed by atoms with van der Waals surface area (Å²) in [5.41, 5.74) is 2.10. The number of hydrogen-bond donors (Lipinski definition) is 2. The summed E-state index contributed by atoms with van der Waals surface area (Å²) in [6.45, 7) is 1.49. The van der Waals surface area contributed by atoms with E-state index in [1.54, 1.807) is 24.3 Å². The molecule has 3 aromatic carbocycles. The third-order valence-corrected chi connectivity index (χ3v) is 6.30. The average Bonchev–Trinajstić information content (AvgIpc) is 2.93. The van der Waals surface area contributed by atoms with Gasteiger partial charge in [0.25, 0.3) is 0 Å². The Morgan fingerprint density at radius 3 is 2.05 bits per heavy atom. The number of amides is 1. The second-order valence-corrected chi connectivity index (χ2v) is 9.36. The van der Waals surface area contributed by atoms with Crippen LogP contribution in [-0.4, -0.2) is 54.2 Å². The molecular weight excluding hydrogens is 510 g/mol. The number of esters is 1. The van der Waals surface area contributed by atoms with E-state index in [9.17, 15) is 14.7 Å². The molecule has 1 amide bonds. The monoisotopic (exact) mass is 539 g/mol. The van der Waals surface area contributed by atoms with E-state index in [-0.39, 0.29) is 25.7 Å². The maximum absolute atomic E-state index is 12.6. The molecule has 1 unspecified atom stereocenters. The van der Waals surface area contributed by atoms with Gasteiger partial charge in [-0.05, 0) is 35.4 Å². The van der Waals surface area contributed by atoms with Crippen LogP contribution in [0.3, 0.4) is 0 Å². The number of hydrogen-bond acceptors (Lipinski definition) is 7. The predicted molar refractivity (Wildman–Crippen MR) is 140 cm³/mol. The number of rotatable bonds is 10. The first-order valence-electron chi connectivity index (χ1n) is 12.2. The van der Waals surface area contributed by atoms with E-state index in [0.717, 1.165) is 11.1 Å². The first-order valence-corrected chi connectivity index (χ1v) is 12.6. The minimum atomic E-state index is -1.23. The molecule has 38 heavy (non-hydrogen) atoms. The van der Waals surface area contributed by atoms with E-state index in [4.69, 9.17) is 30.5 Å². The van der Waals surface area contributed by atoms with Crippen LogP contribution in [0.25, 0.3) is 0 Å². The Hall–Kier alpha value is -3.27. The van der Waals surface area contributed by atoms with Crippen LogP contribution in [0, 0.1) is 0 Å². The summed E-state index contributed by atoms with van der Waals surface area (Å²) in [6, 6.07) is 24.4. The average molecular weight is 540 g/mol. The van der Waals surface area contributed by atoms with Gasteiger partial charge in [0.15, 0.2) is 6.29 Å². The van der Waals surface area contributed by atoms with Gasteiger partial charge >= 0.3 is 5.97 Å². The number of carbonyl (C=O) groups excluding carboxylic acids is 2. The molecule has 5 atom stereocenters. The summed E-state index contributed by atoms with van der Waals surface area (Å²) in [5, 5.41) is 14.5.